The number of pyridine rings is 1. The van der Waals surface area contributed by atoms with Gasteiger partial charge in [-0.25, -0.2) is 9.97 Å². The third kappa shape index (κ3) is 5.01. The quantitative estimate of drug-likeness (QED) is 0.185. The molecule has 0 saturated heterocycles. The van der Waals surface area contributed by atoms with E-state index in [4.69, 9.17) is 19.4 Å². The molecule has 9 heteroatoms. The lowest BCUT2D eigenvalue weighted by Crippen LogP contribution is -2.02. The number of carbonyl (C=O) groups excluding carboxylic acids is 1. The van der Waals surface area contributed by atoms with Gasteiger partial charge in [0.25, 0.3) is 0 Å². The van der Waals surface area contributed by atoms with E-state index in [0.717, 1.165) is 38.7 Å². The third-order valence-corrected chi connectivity index (χ3v) is 6.52. The highest BCUT2D eigenvalue weighted by Gasteiger charge is 2.15. The first kappa shape index (κ1) is 22.9. The van der Waals surface area contributed by atoms with E-state index in [1.807, 2.05) is 48.5 Å². The van der Waals surface area contributed by atoms with Gasteiger partial charge < -0.3 is 19.4 Å². The predicted molar refractivity (Wildman–Crippen MR) is 138 cm³/mol. The monoisotopic (exact) mass is 487 g/mol. The highest BCUT2D eigenvalue weighted by Crippen LogP contribution is 2.33. The van der Waals surface area contributed by atoms with Crippen molar-refractivity contribution in [2.75, 3.05) is 19.0 Å². The van der Waals surface area contributed by atoms with Crippen molar-refractivity contribution in [2.24, 2.45) is 0 Å². The molecule has 5 aromatic rings. The lowest BCUT2D eigenvalue weighted by Gasteiger charge is -2.06. The van der Waals surface area contributed by atoms with Crippen LogP contribution in [0.3, 0.4) is 0 Å². The van der Waals surface area contributed by atoms with Gasteiger partial charge in [-0.15, -0.1) is 0 Å². The molecule has 3 aromatic heterocycles. The summed E-state index contributed by atoms with van der Waals surface area (Å²) in [6.07, 6.45) is 4.55. The summed E-state index contributed by atoms with van der Waals surface area (Å²) in [6, 6.07) is 15.2. The summed E-state index contributed by atoms with van der Waals surface area (Å²) in [6.45, 7) is 3.37. The number of ether oxygens (including phenoxy) is 2. The predicted octanol–water partition coefficient (Wildman–Crippen LogP) is 6.21. The summed E-state index contributed by atoms with van der Waals surface area (Å²) in [7, 11) is 1.64. The average molecular weight is 488 g/mol. The number of hydrogen-bond donors (Lipinski definition) is 1. The fraction of sp³-hybridized carbons (Fsp3) is 0.231. The lowest BCUT2D eigenvalue weighted by atomic mass is 10.1. The van der Waals surface area contributed by atoms with Gasteiger partial charge in [0, 0.05) is 44.5 Å². The third-order valence-electron chi connectivity index (χ3n) is 5.59. The Morgan fingerprint density at radius 3 is 2.80 bits per heavy atom. The molecule has 0 aliphatic heterocycles. The number of anilines is 2. The van der Waals surface area contributed by atoms with Crippen molar-refractivity contribution >= 4 is 49.4 Å². The zero-order valence-corrected chi connectivity index (χ0v) is 20.3. The minimum absolute atomic E-state index is 0.0972. The normalized spacial score (nSPS) is 11.3. The van der Waals surface area contributed by atoms with Crippen molar-refractivity contribution in [3.63, 3.8) is 0 Å². The van der Waals surface area contributed by atoms with Crippen molar-refractivity contribution in [2.45, 2.75) is 26.3 Å². The van der Waals surface area contributed by atoms with Crippen molar-refractivity contribution < 1.29 is 14.3 Å². The second-order valence-corrected chi connectivity index (χ2v) is 9.00. The van der Waals surface area contributed by atoms with Crippen LogP contribution in [0, 0.1) is 0 Å². The molecule has 0 aliphatic rings. The molecule has 0 radical (unpaired) electrons. The summed E-state index contributed by atoms with van der Waals surface area (Å²) in [5, 5.41) is 4.10. The topological polar surface area (TPSA) is 91.2 Å². The van der Waals surface area contributed by atoms with Gasteiger partial charge in [0.1, 0.15) is 11.5 Å². The number of fused-ring (bicyclic) bond motifs is 2. The van der Waals surface area contributed by atoms with Crippen LogP contribution in [0.25, 0.3) is 21.3 Å². The van der Waals surface area contributed by atoms with Gasteiger partial charge in [-0.2, -0.15) is 0 Å². The number of rotatable bonds is 10. The molecule has 3 heterocycles. The Kier molecular flexibility index (Phi) is 6.69. The van der Waals surface area contributed by atoms with Crippen LogP contribution >= 0.6 is 11.3 Å². The molecule has 35 heavy (non-hydrogen) atoms. The number of imidazole rings is 1. The van der Waals surface area contributed by atoms with Gasteiger partial charge >= 0.3 is 0 Å². The number of Topliss-reactive ketones (excluding diaryl/α,β-unsaturated/α-hetero) is 1. The van der Waals surface area contributed by atoms with E-state index in [-0.39, 0.29) is 5.78 Å². The Balaban J connectivity index is 1.38. The molecule has 0 spiro atoms. The molecular weight excluding hydrogens is 462 g/mol. The Hall–Kier alpha value is -3.82. The number of aryl methyl sites for hydroxylation is 1. The van der Waals surface area contributed by atoms with Gasteiger partial charge in [0.2, 0.25) is 5.95 Å². The number of ketones is 1. The largest absolute Gasteiger partial charge is 0.456 e. The zero-order chi connectivity index (χ0) is 24.2. The van der Waals surface area contributed by atoms with Crippen LogP contribution in [0.1, 0.15) is 30.1 Å². The van der Waals surface area contributed by atoms with Crippen LogP contribution in [0.15, 0.2) is 60.9 Å². The first-order valence-corrected chi connectivity index (χ1v) is 12.2. The summed E-state index contributed by atoms with van der Waals surface area (Å²) in [4.78, 5) is 26.1. The van der Waals surface area contributed by atoms with E-state index in [0.29, 0.717) is 36.7 Å². The molecule has 178 valence electrons. The SMILES string of the molecule is CCn1c(Nc2nc3ccc(Oc4cccnc4)cc3s2)nc2cc(C(=O)CCCOC)ccc21. The number of thiazole rings is 1. The standard InChI is InChI=1S/C26H25N5O3S/c1-3-31-22-11-8-17(23(32)7-5-13-33-2)14-21(22)28-25(31)30-26-29-20-10-9-18(15-24(20)35-26)34-19-6-4-12-27-16-19/h4,6,8-12,14-16H,3,5,7,13H2,1-2H3,(H,28,29,30). The van der Waals surface area contributed by atoms with Crippen molar-refractivity contribution in [1.82, 2.24) is 19.5 Å². The molecule has 0 fully saturated rings. The molecule has 0 saturated carbocycles. The van der Waals surface area contributed by atoms with E-state index < -0.39 is 0 Å². The summed E-state index contributed by atoms with van der Waals surface area (Å²) >= 11 is 1.53. The van der Waals surface area contributed by atoms with E-state index in [1.165, 1.54) is 11.3 Å². The van der Waals surface area contributed by atoms with Crippen LogP contribution in [0.2, 0.25) is 0 Å². The van der Waals surface area contributed by atoms with Crippen molar-refractivity contribution in [1.29, 1.82) is 0 Å². The number of aromatic nitrogens is 4. The van der Waals surface area contributed by atoms with Crippen molar-refractivity contribution in [3.8, 4) is 11.5 Å². The molecule has 1 N–H and O–H groups in total. The smallest absolute Gasteiger partial charge is 0.210 e. The molecule has 2 aromatic carbocycles. The van der Waals surface area contributed by atoms with Crippen LogP contribution in [-0.4, -0.2) is 39.0 Å². The Morgan fingerprint density at radius 1 is 1.09 bits per heavy atom. The minimum Gasteiger partial charge on any atom is -0.456 e. The molecule has 0 aliphatic carbocycles. The zero-order valence-electron chi connectivity index (χ0n) is 19.5. The second-order valence-electron chi connectivity index (χ2n) is 7.97. The first-order chi connectivity index (χ1) is 17.1. The summed E-state index contributed by atoms with van der Waals surface area (Å²) < 4.78 is 14.0. The number of nitrogens with zero attached hydrogens (tertiary/aromatic N) is 4. The maximum atomic E-state index is 12.5. The Bertz CT molecular complexity index is 1480. The van der Waals surface area contributed by atoms with Crippen LogP contribution in [0.4, 0.5) is 11.1 Å². The first-order valence-electron chi connectivity index (χ1n) is 11.4. The number of nitrogens with one attached hydrogen (secondary N) is 1. The molecule has 0 unspecified atom stereocenters. The molecule has 0 amide bonds. The van der Waals surface area contributed by atoms with E-state index >= 15 is 0 Å². The summed E-state index contributed by atoms with van der Waals surface area (Å²) in [5.41, 5.74) is 3.29. The van der Waals surface area contributed by atoms with Crippen molar-refractivity contribution in [3.05, 3.63) is 66.5 Å². The van der Waals surface area contributed by atoms with Crippen LogP contribution < -0.4 is 10.1 Å². The molecule has 0 atom stereocenters. The van der Waals surface area contributed by atoms with Gasteiger partial charge in [0.05, 0.1) is 27.4 Å². The highest BCUT2D eigenvalue weighted by atomic mass is 32.1. The maximum absolute atomic E-state index is 12.5. The molecule has 5 rings (SSSR count). The lowest BCUT2D eigenvalue weighted by molar-refractivity contribution is 0.0963. The maximum Gasteiger partial charge on any atom is 0.210 e. The van der Waals surface area contributed by atoms with E-state index in [9.17, 15) is 4.79 Å². The number of methoxy groups -OCH3 is 1. The van der Waals surface area contributed by atoms with E-state index in [2.05, 4.69) is 21.8 Å². The fourth-order valence-electron chi connectivity index (χ4n) is 3.90. The minimum atomic E-state index is 0.0972. The van der Waals surface area contributed by atoms with Gasteiger partial charge in [-0.1, -0.05) is 11.3 Å². The number of benzene rings is 2. The molecule has 0 bridgehead atoms. The average Bonchev–Trinajstić information content (AvgIpc) is 3.43. The highest BCUT2D eigenvalue weighted by molar-refractivity contribution is 7.22. The molecule has 8 nitrogen and oxygen atoms in total. The second kappa shape index (κ2) is 10.2. The van der Waals surface area contributed by atoms with Crippen LogP contribution in [-0.2, 0) is 11.3 Å². The van der Waals surface area contributed by atoms with E-state index in [1.54, 1.807) is 19.5 Å². The fourth-order valence-corrected chi connectivity index (χ4v) is 4.79. The molecular formula is C26H25N5O3S. The van der Waals surface area contributed by atoms with Gasteiger partial charge in [-0.3, -0.25) is 9.78 Å². The Labute approximate surface area is 206 Å². The number of carbonyl (C=O) groups is 1. The van der Waals surface area contributed by atoms with Gasteiger partial charge in [-0.05, 0) is 55.8 Å². The van der Waals surface area contributed by atoms with Gasteiger partial charge in [0.15, 0.2) is 10.9 Å². The number of hydrogen-bond acceptors (Lipinski definition) is 8. The summed E-state index contributed by atoms with van der Waals surface area (Å²) in [5.74, 6) is 2.20. The Morgan fingerprint density at radius 2 is 2.00 bits per heavy atom. The van der Waals surface area contributed by atoms with Crippen LogP contribution in [0.5, 0.6) is 11.5 Å².